The molecule has 2 amide bonds. The SMILES string of the molecule is CC1C(=O)Nc2c(cc3c(c2F)CN2CCN(C(=O)OC(C)(C)C)CC2CCO3)N1C. The minimum Gasteiger partial charge on any atom is -0.493 e. The molecule has 1 aromatic rings. The number of carbonyl (C=O) groups excluding carboxylic acids is 2. The van der Waals surface area contributed by atoms with Gasteiger partial charge in [0.1, 0.15) is 23.1 Å². The van der Waals surface area contributed by atoms with Gasteiger partial charge >= 0.3 is 6.09 Å². The zero-order chi connectivity index (χ0) is 22.5. The average molecular weight is 435 g/mol. The first kappa shape index (κ1) is 21.7. The highest BCUT2D eigenvalue weighted by Gasteiger charge is 2.36. The summed E-state index contributed by atoms with van der Waals surface area (Å²) >= 11 is 0. The van der Waals surface area contributed by atoms with E-state index in [4.69, 9.17) is 9.47 Å². The largest absolute Gasteiger partial charge is 0.493 e. The van der Waals surface area contributed by atoms with Crippen LogP contribution in [-0.4, -0.2) is 72.8 Å². The Balaban J connectivity index is 1.57. The summed E-state index contributed by atoms with van der Waals surface area (Å²) in [5.41, 5.74) is 0.722. The third kappa shape index (κ3) is 4.15. The van der Waals surface area contributed by atoms with Crippen LogP contribution in [0.4, 0.5) is 20.6 Å². The van der Waals surface area contributed by atoms with Gasteiger partial charge in [0.05, 0.1) is 12.3 Å². The van der Waals surface area contributed by atoms with Crippen molar-refractivity contribution in [2.75, 3.05) is 43.5 Å². The van der Waals surface area contributed by atoms with Gasteiger partial charge in [-0.15, -0.1) is 0 Å². The van der Waals surface area contributed by atoms with Crippen molar-refractivity contribution in [3.63, 3.8) is 0 Å². The number of ether oxygens (including phenoxy) is 2. The second-order valence-electron chi connectivity index (χ2n) is 9.53. The van der Waals surface area contributed by atoms with Gasteiger partial charge in [-0.2, -0.15) is 0 Å². The Kier molecular flexibility index (Phi) is 5.49. The van der Waals surface area contributed by atoms with E-state index in [1.165, 1.54) is 0 Å². The minimum atomic E-state index is -0.547. The molecule has 31 heavy (non-hydrogen) atoms. The number of amides is 2. The van der Waals surface area contributed by atoms with Crippen molar-refractivity contribution in [1.82, 2.24) is 9.80 Å². The standard InChI is InChI=1S/C22H31FN4O4/c1-13-20(28)24-19-16(25(13)5)10-17-15(18(19)23)12-26-7-8-27(11-14(26)6-9-30-17)21(29)31-22(2,3)4/h10,13-14H,6-9,11-12H2,1-5H3,(H,24,28). The smallest absolute Gasteiger partial charge is 0.410 e. The van der Waals surface area contributed by atoms with Gasteiger partial charge in [-0.1, -0.05) is 0 Å². The number of rotatable bonds is 0. The molecule has 9 heteroatoms. The van der Waals surface area contributed by atoms with Crippen molar-refractivity contribution in [1.29, 1.82) is 0 Å². The molecule has 2 atom stereocenters. The highest BCUT2D eigenvalue weighted by Crippen LogP contribution is 2.41. The highest BCUT2D eigenvalue weighted by molar-refractivity contribution is 6.03. The molecule has 3 aliphatic heterocycles. The molecule has 0 aromatic heterocycles. The fraction of sp³-hybridized carbons (Fsp3) is 0.636. The van der Waals surface area contributed by atoms with Crippen LogP contribution in [0.2, 0.25) is 0 Å². The van der Waals surface area contributed by atoms with E-state index in [9.17, 15) is 9.59 Å². The van der Waals surface area contributed by atoms with Gasteiger partial charge in [0.2, 0.25) is 5.91 Å². The number of fused-ring (bicyclic) bond motifs is 3. The molecular formula is C22H31FN4O4. The normalized spacial score (nSPS) is 24.1. The summed E-state index contributed by atoms with van der Waals surface area (Å²) in [7, 11) is 1.78. The van der Waals surface area contributed by atoms with Gasteiger partial charge < -0.3 is 24.6 Å². The quantitative estimate of drug-likeness (QED) is 0.677. The lowest BCUT2D eigenvalue weighted by Gasteiger charge is -2.43. The molecule has 2 unspecified atom stereocenters. The lowest BCUT2D eigenvalue weighted by atomic mass is 10.0. The Morgan fingerprint density at radius 3 is 2.77 bits per heavy atom. The van der Waals surface area contributed by atoms with E-state index in [0.717, 1.165) is 6.42 Å². The molecule has 0 bridgehead atoms. The van der Waals surface area contributed by atoms with Crippen molar-refractivity contribution < 1.29 is 23.5 Å². The molecule has 1 saturated heterocycles. The summed E-state index contributed by atoms with van der Waals surface area (Å²) < 4.78 is 27.0. The Bertz CT molecular complexity index is 900. The van der Waals surface area contributed by atoms with E-state index in [0.29, 0.717) is 49.8 Å². The summed E-state index contributed by atoms with van der Waals surface area (Å²) in [6.45, 7) is 9.75. The summed E-state index contributed by atoms with van der Waals surface area (Å²) in [4.78, 5) is 30.4. The van der Waals surface area contributed by atoms with Crippen molar-refractivity contribution in [3.05, 3.63) is 17.4 Å². The topological polar surface area (TPSA) is 74.4 Å². The number of anilines is 2. The van der Waals surface area contributed by atoms with Gasteiger partial charge in [0.15, 0.2) is 5.82 Å². The van der Waals surface area contributed by atoms with Crippen molar-refractivity contribution in [2.24, 2.45) is 0 Å². The molecular weight excluding hydrogens is 403 g/mol. The van der Waals surface area contributed by atoms with Crippen LogP contribution in [0.5, 0.6) is 5.75 Å². The van der Waals surface area contributed by atoms with Crippen LogP contribution in [0.3, 0.4) is 0 Å². The average Bonchev–Trinajstić information content (AvgIpc) is 2.67. The third-order valence-electron chi connectivity index (χ3n) is 6.22. The van der Waals surface area contributed by atoms with Crippen LogP contribution in [-0.2, 0) is 16.1 Å². The van der Waals surface area contributed by atoms with Crippen molar-refractivity contribution >= 4 is 23.4 Å². The molecule has 0 aliphatic carbocycles. The molecule has 3 aliphatic rings. The first-order chi connectivity index (χ1) is 14.5. The van der Waals surface area contributed by atoms with Gasteiger partial charge in [-0.25, -0.2) is 9.18 Å². The molecule has 3 heterocycles. The molecule has 1 fully saturated rings. The Morgan fingerprint density at radius 2 is 2.06 bits per heavy atom. The number of nitrogens with zero attached hydrogens (tertiary/aromatic N) is 3. The molecule has 170 valence electrons. The number of nitrogens with one attached hydrogen (secondary N) is 1. The maximum Gasteiger partial charge on any atom is 0.410 e. The summed E-state index contributed by atoms with van der Waals surface area (Å²) in [5.74, 6) is -0.168. The van der Waals surface area contributed by atoms with E-state index in [-0.39, 0.29) is 29.8 Å². The first-order valence-electron chi connectivity index (χ1n) is 10.8. The summed E-state index contributed by atoms with van der Waals surface area (Å²) in [6.07, 6.45) is 0.399. The molecule has 0 saturated carbocycles. The predicted molar refractivity (Wildman–Crippen MR) is 115 cm³/mol. The maximum atomic E-state index is 15.5. The van der Waals surface area contributed by atoms with E-state index < -0.39 is 11.4 Å². The number of halogens is 1. The molecule has 1 aromatic carbocycles. The second kappa shape index (κ2) is 7.85. The number of benzene rings is 1. The van der Waals surface area contributed by atoms with Crippen LogP contribution < -0.4 is 15.0 Å². The van der Waals surface area contributed by atoms with Crippen LogP contribution in [0.25, 0.3) is 0 Å². The fourth-order valence-corrected chi connectivity index (χ4v) is 4.32. The van der Waals surface area contributed by atoms with Crippen LogP contribution in [0.15, 0.2) is 6.07 Å². The Hall–Kier alpha value is -2.55. The number of hydrogen-bond acceptors (Lipinski definition) is 6. The monoisotopic (exact) mass is 434 g/mol. The van der Waals surface area contributed by atoms with Gasteiger partial charge in [-0.3, -0.25) is 9.69 Å². The number of piperazine rings is 1. The number of likely N-dealkylation sites (N-methyl/N-ethyl adjacent to an activating group) is 1. The molecule has 0 radical (unpaired) electrons. The minimum absolute atomic E-state index is 0.0436. The molecule has 4 rings (SSSR count). The van der Waals surface area contributed by atoms with E-state index in [2.05, 4.69) is 10.2 Å². The molecule has 1 N–H and O–H groups in total. The van der Waals surface area contributed by atoms with E-state index in [1.54, 1.807) is 23.8 Å². The van der Waals surface area contributed by atoms with Gasteiger partial charge in [0.25, 0.3) is 0 Å². The predicted octanol–water partition coefficient (Wildman–Crippen LogP) is 2.81. The molecule has 0 spiro atoms. The van der Waals surface area contributed by atoms with Crippen molar-refractivity contribution in [3.8, 4) is 5.75 Å². The summed E-state index contributed by atoms with van der Waals surface area (Å²) in [6, 6.07) is 1.48. The summed E-state index contributed by atoms with van der Waals surface area (Å²) in [5, 5.41) is 2.71. The lowest BCUT2D eigenvalue weighted by Crippen LogP contribution is -2.56. The van der Waals surface area contributed by atoms with Gasteiger partial charge in [0, 0.05) is 50.9 Å². The zero-order valence-corrected chi connectivity index (χ0v) is 18.8. The number of hydrogen-bond donors (Lipinski definition) is 1. The lowest BCUT2D eigenvalue weighted by molar-refractivity contribution is -0.117. The van der Waals surface area contributed by atoms with Crippen LogP contribution >= 0.6 is 0 Å². The van der Waals surface area contributed by atoms with Crippen LogP contribution in [0, 0.1) is 5.82 Å². The first-order valence-corrected chi connectivity index (χ1v) is 10.8. The van der Waals surface area contributed by atoms with E-state index in [1.807, 2.05) is 26.8 Å². The van der Waals surface area contributed by atoms with Gasteiger partial charge in [-0.05, 0) is 34.1 Å². The maximum absolute atomic E-state index is 15.5. The zero-order valence-electron chi connectivity index (χ0n) is 18.8. The Morgan fingerprint density at radius 1 is 1.32 bits per heavy atom. The van der Waals surface area contributed by atoms with Crippen molar-refractivity contribution in [2.45, 2.75) is 58.3 Å². The molecule has 8 nitrogen and oxygen atoms in total. The highest BCUT2D eigenvalue weighted by atomic mass is 19.1. The fourth-order valence-electron chi connectivity index (χ4n) is 4.32. The van der Waals surface area contributed by atoms with E-state index >= 15 is 4.39 Å². The van der Waals surface area contributed by atoms with Crippen LogP contribution in [0.1, 0.15) is 39.7 Å². The Labute approximate surface area is 182 Å². The second-order valence-corrected chi connectivity index (χ2v) is 9.53. The number of carbonyl (C=O) groups is 2. The third-order valence-corrected chi connectivity index (χ3v) is 6.22.